The molecule has 0 aromatic carbocycles. The van der Waals surface area contributed by atoms with Crippen LogP contribution < -0.4 is 0 Å². The Balaban J connectivity index is 2.43. The smallest absolute Gasteiger partial charge is 0.0194 e. The third kappa shape index (κ3) is 2.21. The lowest BCUT2D eigenvalue weighted by Crippen LogP contribution is -1.80. The van der Waals surface area contributed by atoms with Gasteiger partial charge in [-0.15, -0.1) is 0 Å². The number of rotatable bonds is 3. The van der Waals surface area contributed by atoms with E-state index in [0.717, 1.165) is 0 Å². The van der Waals surface area contributed by atoms with Gasteiger partial charge in [0.15, 0.2) is 0 Å². The Hall–Kier alpha value is -0.520. The number of hydrogen-bond donors (Lipinski definition) is 0. The minimum absolute atomic E-state index is 1.26. The minimum Gasteiger partial charge on any atom is -0.0701 e. The molecule has 0 atom stereocenters. The van der Waals surface area contributed by atoms with E-state index in [2.05, 4.69) is 32.9 Å². The van der Waals surface area contributed by atoms with Crippen molar-refractivity contribution in [3.8, 4) is 0 Å². The van der Waals surface area contributed by atoms with Gasteiger partial charge in [0.1, 0.15) is 0 Å². The van der Waals surface area contributed by atoms with Crippen LogP contribution >= 0.6 is 0 Å². The van der Waals surface area contributed by atoms with Crippen molar-refractivity contribution in [1.29, 1.82) is 0 Å². The first-order valence-electron chi connectivity index (χ1n) is 4.47. The van der Waals surface area contributed by atoms with Crippen LogP contribution in [0, 0.1) is 5.92 Å². The second kappa shape index (κ2) is 3.75. The topological polar surface area (TPSA) is 0 Å². The number of hydrogen-bond acceptors (Lipinski definition) is 0. The lowest BCUT2D eigenvalue weighted by molar-refractivity contribution is 0.798. The summed E-state index contributed by atoms with van der Waals surface area (Å²) in [6, 6.07) is 0. The Labute approximate surface area is 70.0 Å². The summed E-state index contributed by atoms with van der Waals surface area (Å²) in [6.45, 7) is 6.61. The molecule has 0 saturated carbocycles. The van der Waals surface area contributed by atoms with Crippen molar-refractivity contribution in [2.24, 2.45) is 0 Å². The maximum atomic E-state index is 2.31. The van der Waals surface area contributed by atoms with Crippen LogP contribution in [0.15, 0.2) is 23.3 Å². The monoisotopic (exact) mass is 149 g/mol. The van der Waals surface area contributed by atoms with E-state index < -0.39 is 0 Å². The third-order valence-corrected chi connectivity index (χ3v) is 2.24. The van der Waals surface area contributed by atoms with Gasteiger partial charge in [-0.1, -0.05) is 43.6 Å². The number of unbranched alkanes of at least 4 members (excludes halogenated alkanes) is 1. The minimum atomic E-state index is 1.26. The first-order valence-corrected chi connectivity index (χ1v) is 4.47. The van der Waals surface area contributed by atoms with Crippen molar-refractivity contribution >= 4 is 0 Å². The van der Waals surface area contributed by atoms with E-state index >= 15 is 0 Å². The molecule has 0 spiro atoms. The standard InChI is InChI=1S/C11H17/c1-4-5-6-11-7-9(2)10(3)8-11/h7-8H,4-6H2,1-3H3. The predicted octanol–water partition coefficient (Wildman–Crippen LogP) is 3.66. The van der Waals surface area contributed by atoms with Crippen LogP contribution in [0.5, 0.6) is 0 Å². The van der Waals surface area contributed by atoms with Gasteiger partial charge in [-0.05, 0) is 19.8 Å². The van der Waals surface area contributed by atoms with Crippen LogP contribution in [-0.2, 0) is 0 Å². The highest BCUT2D eigenvalue weighted by atomic mass is 14.1. The zero-order valence-corrected chi connectivity index (χ0v) is 7.78. The molecule has 0 heteroatoms. The maximum absolute atomic E-state index is 2.31. The van der Waals surface area contributed by atoms with Gasteiger partial charge < -0.3 is 0 Å². The van der Waals surface area contributed by atoms with Crippen LogP contribution in [0.3, 0.4) is 0 Å². The molecule has 1 radical (unpaired) electrons. The molecule has 61 valence electrons. The molecular weight excluding hydrogens is 132 g/mol. The fourth-order valence-electron chi connectivity index (χ4n) is 1.35. The molecule has 0 N–H and O–H groups in total. The summed E-state index contributed by atoms with van der Waals surface area (Å²) >= 11 is 0. The van der Waals surface area contributed by atoms with Gasteiger partial charge in [-0.2, -0.15) is 0 Å². The van der Waals surface area contributed by atoms with Crippen molar-refractivity contribution in [3.05, 3.63) is 29.2 Å². The van der Waals surface area contributed by atoms with Gasteiger partial charge in [0.2, 0.25) is 0 Å². The molecule has 0 fully saturated rings. The SMILES string of the molecule is CCCCC1=C[C](C)C(C)=C1. The Morgan fingerprint density at radius 3 is 2.36 bits per heavy atom. The molecule has 0 heterocycles. The van der Waals surface area contributed by atoms with E-state index in [1.807, 2.05) is 0 Å². The van der Waals surface area contributed by atoms with E-state index in [1.165, 1.54) is 36.3 Å². The first kappa shape index (κ1) is 8.58. The van der Waals surface area contributed by atoms with E-state index in [1.54, 1.807) is 0 Å². The van der Waals surface area contributed by atoms with Crippen LogP contribution in [-0.4, -0.2) is 0 Å². The lowest BCUT2D eigenvalue weighted by atomic mass is 10.1. The maximum Gasteiger partial charge on any atom is 0.0194 e. The molecule has 0 aliphatic heterocycles. The van der Waals surface area contributed by atoms with Crippen LogP contribution in [0.4, 0.5) is 0 Å². The summed E-state index contributed by atoms with van der Waals surface area (Å²) < 4.78 is 0. The summed E-state index contributed by atoms with van der Waals surface area (Å²) in [6.07, 6.45) is 8.49. The van der Waals surface area contributed by atoms with Crippen molar-refractivity contribution in [1.82, 2.24) is 0 Å². The largest absolute Gasteiger partial charge is 0.0701 e. The molecule has 0 nitrogen and oxygen atoms in total. The predicted molar refractivity (Wildman–Crippen MR) is 50.3 cm³/mol. The lowest BCUT2D eigenvalue weighted by Gasteiger charge is -1.96. The highest BCUT2D eigenvalue weighted by Gasteiger charge is 2.09. The van der Waals surface area contributed by atoms with Gasteiger partial charge in [0, 0.05) is 5.92 Å². The van der Waals surface area contributed by atoms with E-state index in [0.29, 0.717) is 0 Å². The van der Waals surface area contributed by atoms with Gasteiger partial charge in [-0.3, -0.25) is 0 Å². The average Bonchev–Trinajstić information content (AvgIpc) is 2.28. The van der Waals surface area contributed by atoms with Crippen molar-refractivity contribution < 1.29 is 0 Å². The van der Waals surface area contributed by atoms with Gasteiger partial charge in [0.25, 0.3) is 0 Å². The molecule has 0 amide bonds. The summed E-state index contributed by atoms with van der Waals surface area (Å²) in [5.41, 5.74) is 2.96. The van der Waals surface area contributed by atoms with Crippen molar-refractivity contribution in [2.75, 3.05) is 0 Å². The van der Waals surface area contributed by atoms with Crippen LogP contribution in [0.1, 0.15) is 40.0 Å². The molecule has 1 aliphatic rings. The zero-order chi connectivity index (χ0) is 8.27. The summed E-state index contributed by atoms with van der Waals surface area (Å²) in [4.78, 5) is 0. The van der Waals surface area contributed by atoms with Gasteiger partial charge >= 0.3 is 0 Å². The van der Waals surface area contributed by atoms with Gasteiger partial charge in [-0.25, -0.2) is 0 Å². The van der Waals surface area contributed by atoms with Gasteiger partial charge in [0.05, 0.1) is 0 Å². The molecule has 11 heavy (non-hydrogen) atoms. The fourth-order valence-corrected chi connectivity index (χ4v) is 1.35. The number of allylic oxidation sites excluding steroid dienone is 4. The molecule has 0 unspecified atom stereocenters. The second-order valence-electron chi connectivity index (χ2n) is 3.33. The highest BCUT2D eigenvalue weighted by Crippen LogP contribution is 2.27. The van der Waals surface area contributed by atoms with Crippen molar-refractivity contribution in [2.45, 2.75) is 40.0 Å². The summed E-state index contributed by atoms with van der Waals surface area (Å²) in [7, 11) is 0. The van der Waals surface area contributed by atoms with Crippen LogP contribution in [0.2, 0.25) is 0 Å². The third-order valence-electron chi connectivity index (χ3n) is 2.24. The normalized spacial score (nSPS) is 18.5. The van der Waals surface area contributed by atoms with E-state index in [4.69, 9.17) is 0 Å². The highest BCUT2D eigenvalue weighted by molar-refractivity contribution is 5.45. The Bertz CT molecular complexity index is 184. The second-order valence-corrected chi connectivity index (χ2v) is 3.33. The molecule has 1 aliphatic carbocycles. The average molecular weight is 149 g/mol. The van der Waals surface area contributed by atoms with E-state index in [-0.39, 0.29) is 0 Å². The zero-order valence-electron chi connectivity index (χ0n) is 7.78. The summed E-state index contributed by atoms with van der Waals surface area (Å²) in [5.74, 6) is 1.44. The van der Waals surface area contributed by atoms with E-state index in [9.17, 15) is 0 Å². The molecule has 0 bridgehead atoms. The molecule has 1 rings (SSSR count). The Morgan fingerprint density at radius 2 is 1.91 bits per heavy atom. The first-order chi connectivity index (χ1) is 5.24. The Kier molecular flexibility index (Phi) is 2.92. The molecule has 0 aromatic heterocycles. The Morgan fingerprint density at radius 1 is 1.18 bits per heavy atom. The van der Waals surface area contributed by atoms with Crippen molar-refractivity contribution in [3.63, 3.8) is 0 Å². The summed E-state index contributed by atoms with van der Waals surface area (Å²) in [5, 5.41) is 0. The van der Waals surface area contributed by atoms with Crippen LogP contribution in [0.25, 0.3) is 0 Å². The molecule has 0 saturated heterocycles. The quantitative estimate of drug-likeness (QED) is 0.574. The fraction of sp³-hybridized carbons (Fsp3) is 0.545. The molecular formula is C11H17. The molecule has 0 aromatic rings.